The molecule has 30 heavy (non-hydrogen) atoms. The Labute approximate surface area is 166 Å². The molecule has 0 saturated carbocycles. The fourth-order valence-electron chi connectivity index (χ4n) is 2.82. The Kier molecular flexibility index (Phi) is 5.55. The third-order valence-electron chi connectivity index (χ3n) is 4.51. The zero-order chi connectivity index (χ0) is 22.2. The van der Waals surface area contributed by atoms with E-state index in [9.17, 15) is 31.4 Å². The summed E-state index contributed by atoms with van der Waals surface area (Å²) in [6, 6.07) is 11.9. The average Bonchev–Trinajstić information content (AvgIpc) is 3.05. The van der Waals surface area contributed by atoms with Crippen LogP contribution in [0.3, 0.4) is 0 Å². The summed E-state index contributed by atoms with van der Waals surface area (Å²) >= 11 is 0. The Morgan fingerprint density at radius 2 is 1.47 bits per heavy atom. The summed E-state index contributed by atoms with van der Waals surface area (Å²) in [5.41, 5.74) is -4.50. The molecule has 0 radical (unpaired) electrons. The summed E-state index contributed by atoms with van der Waals surface area (Å²) in [6.45, 7) is 1.57. The van der Waals surface area contributed by atoms with Gasteiger partial charge in [-0.1, -0.05) is 47.6 Å². The van der Waals surface area contributed by atoms with Crippen molar-refractivity contribution in [2.24, 2.45) is 0 Å². The largest absolute Gasteiger partial charge is 0.489 e. The average molecular weight is 431 g/mol. The molecule has 2 aromatic carbocycles. The summed E-state index contributed by atoms with van der Waals surface area (Å²) < 4.78 is 88.4. The molecule has 3 rings (SSSR count). The summed E-state index contributed by atoms with van der Waals surface area (Å²) in [5, 5.41) is 13.4. The van der Waals surface area contributed by atoms with Crippen LogP contribution >= 0.6 is 0 Å². The van der Waals surface area contributed by atoms with E-state index in [2.05, 4.69) is 5.16 Å². The lowest BCUT2D eigenvalue weighted by molar-refractivity contribution is -0.376. The second kappa shape index (κ2) is 7.67. The van der Waals surface area contributed by atoms with Gasteiger partial charge < -0.3 is 14.4 Å². The van der Waals surface area contributed by atoms with Gasteiger partial charge in [0.1, 0.15) is 23.8 Å². The van der Waals surface area contributed by atoms with Gasteiger partial charge in [-0.25, -0.2) is 0 Å². The maximum atomic E-state index is 13.0. The number of aryl methyl sites for hydroxylation is 1. The zero-order valence-corrected chi connectivity index (χ0v) is 15.4. The van der Waals surface area contributed by atoms with E-state index in [0.717, 1.165) is 17.7 Å². The Balaban J connectivity index is 1.82. The van der Waals surface area contributed by atoms with Crippen molar-refractivity contribution in [2.45, 2.75) is 31.5 Å². The fraction of sp³-hybridized carbons (Fsp3) is 0.250. The predicted molar refractivity (Wildman–Crippen MR) is 93.5 cm³/mol. The van der Waals surface area contributed by atoms with Crippen molar-refractivity contribution in [3.63, 3.8) is 0 Å². The molecule has 1 N–H and O–H groups in total. The number of ether oxygens (including phenoxy) is 1. The number of nitrogens with zero attached hydrogens (tertiary/aromatic N) is 1. The molecule has 160 valence electrons. The van der Waals surface area contributed by atoms with Crippen LogP contribution < -0.4 is 4.74 Å². The van der Waals surface area contributed by atoms with E-state index in [1.807, 2.05) is 6.07 Å². The van der Waals surface area contributed by atoms with E-state index in [-0.39, 0.29) is 12.4 Å². The normalized spacial score (nSPS) is 12.8. The number of rotatable bonds is 5. The highest BCUT2D eigenvalue weighted by Gasteiger charge is 2.71. The van der Waals surface area contributed by atoms with E-state index in [0.29, 0.717) is 29.2 Å². The second-order valence-corrected chi connectivity index (χ2v) is 6.45. The van der Waals surface area contributed by atoms with Crippen LogP contribution in [0.25, 0.3) is 11.3 Å². The molecule has 0 aliphatic carbocycles. The lowest BCUT2D eigenvalue weighted by Gasteiger charge is -2.32. The van der Waals surface area contributed by atoms with Crippen molar-refractivity contribution in [1.82, 2.24) is 5.16 Å². The van der Waals surface area contributed by atoms with E-state index in [1.165, 1.54) is 0 Å². The predicted octanol–water partition coefficient (Wildman–Crippen LogP) is 5.54. The first-order chi connectivity index (χ1) is 13.9. The number of aromatic nitrogens is 1. The van der Waals surface area contributed by atoms with Crippen LogP contribution in [0.4, 0.5) is 26.3 Å². The van der Waals surface area contributed by atoms with Crippen LogP contribution in [0, 0.1) is 6.92 Å². The molecule has 0 saturated heterocycles. The van der Waals surface area contributed by atoms with Crippen LogP contribution in [-0.2, 0) is 12.2 Å². The molecule has 0 bridgehead atoms. The number of benzene rings is 2. The van der Waals surface area contributed by atoms with Crippen molar-refractivity contribution < 1.29 is 40.7 Å². The SMILES string of the molecule is Cc1onc(-c2ccccc2)c1COc1ccc(C(O)(C(F)(F)F)C(F)(F)F)cc1. The Hall–Kier alpha value is -3.01. The highest BCUT2D eigenvalue weighted by molar-refractivity contribution is 5.63. The molecule has 0 spiro atoms. The maximum absolute atomic E-state index is 13.0. The number of halogens is 6. The minimum atomic E-state index is -5.95. The molecule has 0 aliphatic heterocycles. The van der Waals surface area contributed by atoms with Gasteiger partial charge in [-0.2, -0.15) is 26.3 Å². The first-order valence-electron chi connectivity index (χ1n) is 8.55. The molecule has 4 nitrogen and oxygen atoms in total. The first kappa shape index (κ1) is 21.7. The molecule has 0 atom stereocenters. The number of aliphatic hydroxyl groups is 1. The topological polar surface area (TPSA) is 55.5 Å². The summed E-state index contributed by atoms with van der Waals surface area (Å²) in [7, 11) is 0. The molecule has 10 heteroatoms. The third-order valence-corrected chi connectivity index (χ3v) is 4.51. The molecular formula is C20H15F6NO3. The molecule has 0 fully saturated rings. The van der Waals surface area contributed by atoms with E-state index in [4.69, 9.17) is 9.26 Å². The standard InChI is InChI=1S/C20H15F6NO3/c1-12-16(17(27-30-12)13-5-3-2-4-6-13)11-29-15-9-7-14(8-10-15)18(28,19(21,22)23)20(24,25)26/h2-10,28H,11H2,1H3. The van der Waals surface area contributed by atoms with Gasteiger partial charge in [0.25, 0.3) is 5.60 Å². The smallest absolute Gasteiger partial charge is 0.430 e. The van der Waals surface area contributed by atoms with Gasteiger partial charge in [0.2, 0.25) is 0 Å². The molecular weight excluding hydrogens is 416 g/mol. The van der Waals surface area contributed by atoms with Gasteiger partial charge in [0.05, 0.1) is 5.56 Å². The Morgan fingerprint density at radius 1 is 0.900 bits per heavy atom. The van der Waals surface area contributed by atoms with Gasteiger partial charge >= 0.3 is 12.4 Å². The highest BCUT2D eigenvalue weighted by Crippen LogP contribution is 2.50. The number of alkyl halides is 6. The second-order valence-electron chi connectivity index (χ2n) is 6.45. The quantitative estimate of drug-likeness (QED) is 0.539. The van der Waals surface area contributed by atoms with Crippen LogP contribution in [0.1, 0.15) is 16.9 Å². The molecule has 0 unspecified atom stereocenters. The molecule has 0 aliphatic rings. The maximum Gasteiger partial charge on any atom is 0.430 e. The summed E-state index contributed by atoms with van der Waals surface area (Å²) in [4.78, 5) is 0. The molecule has 3 aromatic rings. The van der Waals surface area contributed by atoms with Gasteiger partial charge in [-0.05, 0) is 19.1 Å². The minimum Gasteiger partial charge on any atom is -0.489 e. The summed E-state index contributed by atoms with van der Waals surface area (Å²) in [5.74, 6) is 0.457. The number of hydrogen-bond acceptors (Lipinski definition) is 4. The lowest BCUT2D eigenvalue weighted by atomic mass is 9.92. The van der Waals surface area contributed by atoms with Crippen molar-refractivity contribution in [3.05, 3.63) is 71.5 Å². The van der Waals surface area contributed by atoms with Crippen molar-refractivity contribution in [2.75, 3.05) is 0 Å². The minimum absolute atomic E-state index is 0.00469. The van der Waals surface area contributed by atoms with Gasteiger partial charge in [-0.15, -0.1) is 0 Å². The molecule has 1 heterocycles. The Morgan fingerprint density at radius 3 is 2.00 bits per heavy atom. The van der Waals surface area contributed by atoms with Gasteiger partial charge in [-0.3, -0.25) is 0 Å². The summed E-state index contributed by atoms with van der Waals surface area (Å²) in [6.07, 6.45) is -11.9. The fourth-order valence-corrected chi connectivity index (χ4v) is 2.82. The first-order valence-corrected chi connectivity index (χ1v) is 8.55. The van der Waals surface area contributed by atoms with Crippen LogP contribution in [-0.4, -0.2) is 22.6 Å². The molecule has 0 amide bonds. The van der Waals surface area contributed by atoms with E-state index >= 15 is 0 Å². The lowest BCUT2D eigenvalue weighted by Crippen LogP contribution is -2.53. The molecule has 1 aromatic heterocycles. The highest BCUT2D eigenvalue weighted by atomic mass is 19.4. The zero-order valence-electron chi connectivity index (χ0n) is 15.4. The third kappa shape index (κ3) is 3.87. The van der Waals surface area contributed by atoms with Crippen molar-refractivity contribution >= 4 is 0 Å². The van der Waals surface area contributed by atoms with Crippen LogP contribution in [0.2, 0.25) is 0 Å². The van der Waals surface area contributed by atoms with Gasteiger partial charge in [0, 0.05) is 11.1 Å². The van der Waals surface area contributed by atoms with Crippen molar-refractivity contribution in [3.8, 4) is 17.0 Å². The Bertz CT molecular complexity index is 980. The van der Waals surface area contributed by atoms with Crippen LogP contribution in [0.5, 0.6) is 5.75 Å². The van der Waals surface area contributed by atoms with E-state index < -0.39 is 23.5 Å². The van der Waals surface area contributed by atoms with Gasteiger partial charge in [0.15, 0.2) is 0 Å². The van der Waals surface area contributed by atoms with Crippen LogP contribution in [0.15, 0.2) is 59.1 Å². The monoisotopic (exact) mass is 431 g/mol. The van der Waals surface area contributed by atoms with E-state index in [1.54, 1.807) is 31.2 Å². The van der Waals surface area contributed by atoms with Crippen molar-refractivity contribution in [1.29, 1.82) is 0 Å². The number of hydrogen-bond donors (Lipinski definition) is 1.